The fraction of sp³-hybridized carbons (Fsp3) is 0.368. The average Bonchev–Trinajstić information content (AvgIpc) is 2.62. The quantitative estimate of drug-likeness (QED) is 0.864. The molecule has 1 unspecified atom stereocenters. The number of methoxy groups -OCH3 is 1. The molecule has 1 fully saturated rings. The molecule has 3 rings (SSSR count). The second kappa shape index (κ2) is 7.43. The van der Waals surface area contributed by atoms with Crippen molar-refractivity contribution in [2.45, 2.75) is 19.3 Å². The van der Waals surface area contributed by atoms with E-state index in [-0.39, 0.29) is 11.5 Å². The molecular weight excluding hydrogens is 307 g/mol. The highest BCUT2D eigenvalue weighted by Gasteiger charge is 2.26. The van der Waals surface area contributed by atoms with E-state index in [9.17, 15) is 9.18 Å². The van der Waals surface area contributed by atoms with Crippen molar-refractivity contribution in [3.8, 4) is 5.75 Å². The fourth-order valence-electron chi connectivity index (χ4n) is 3.25. The van der Waals surface area contributed by atoms with Crippen LogP contribution in [0.25, 0.3) is 0 Å². The third kappa shape index (κ3) is 3.72. The number of carbonyl (C=O) groups excluding carboxylic acids is 1. The van der Waals surface area contributed by atoms with Gasteiger partial charge in [-0.1, -0.05) is 6.07 Å². The molecule has 0 saturated carbocycles. The first-order chi connectivity index (χ1) is 11.7. The molecule has 1 amide bonds. The lowest BCUT2D eigenvalue weighted by Gasteiger charge is -2.33. The number of halogens is 1. The van der Waals surface area contributed by atoms with Crippen molar-refractivity contribution in [2.24, 2.45) is 5.92 Å². The molecule has 0 bridgehead atoms. The molecule has 1 aromatic heterocycles. The lowest BCUT2D eigenvalue weighted by atomic mass is 9.92. The van der Waals surface area contributed by atoms with E-state index in [1.165, 1.54) is 25.3 Å². The maximum atomic E-state index is 13.5. The summed E-state index contributed by atoms with van der Waals surface area (Å²) in [5.74, 6) is 0.184. The number of pyridine rings is 1. The van der Waals surface area contributed by atoms with Gasteiger partial charge in [0.2, 0.25) is 0 Å². The fourth-order valence-corrected chi connectivity index (χ4v) is 3.25. The maximum absolute atomic E-state index is 13.5. The van der Waals surface area contributed by atoms with Gasteiger partial charge in [0.05, 0.1) is 12.7 Å². The van der Waals surface area contributed by atoms with Crippen molar-refractivity contribution in [3.05, 3.63) is 59.7 Å². The van der Waals surface area contributed by atoms with Crippen molar-refractivity contribution in [2.75, 3.05) is 20.2 Å². The van der Waals surface area contributed by atoms with Gasteiger partial charge < -0.3 is 9.64 Å². The zero-order valence-corrected chi connectivity index (χ0v) is 13.7. The standard InChI is InChI=1S/C19H21FN2O2/c1-24-18-8-7-15(20)12-17(18)19(23)22-10-4-5-14(13-22)11-16-6-2-3-9-21-16/h2-3,6-9,12,14H,4-5,10-11,13H2,1H3. The highest BCUT2D eigenvalue weighted by atomic mass is 19.1. The Morgan fingerprint density at radius 2 is 2.25 bits per heavy atom. The van der Waals surface area contributed by atoms with Crippen LogP contribution in [0.4, 0.5) is 4.39 Å². The Bertz CT molecular complexity index is 706. The van der Waals surface area contributed by atoms with Gasteiger partial charge in [-0.05, 0) is 55.5 Å². The summed E-state index contributed by atoms with van der Waals surface area (Å²) in [5, 5.41) is 0. The SMILES string of the molecule is COc1ccc(F)cc1C(=O)N1CCCC(Cc2ccccn2)C1. The second-order valence-corrected chi connectivity index (χ2v) is 6.13. The van der Waals surface area contributed by atoms with Crippen LogP contribution in [-0.2, 0) is 6.42 Å². The van der Waals surface area contributed by atoms with E-state index in [4.69, 9.17) is 4.74 Å². The van der Waals surface area contributed by atoms with Crippen molar-refractivity contribution in [1.29, 1.82) is 0 Å². The molecule has 1 aliphatic rings. The van der Waals surface area contributed by atoms with Crippen LogP contribution >= 0.6 is 0 Å². The van der Waals surface area contributed by atoms with E-state index in [0.29, 0.717) is 24.8 Å². The van der Waals surface area contributed by atoms with Crippen LogP contribution in [0.1, 0.15) is 28.9 Å². The van der Waals surface area contributed by atoms with Crippen molar-refractivity contribution >= 4 is 5.91 Å². The summed E-state index contributed by atoms with van der Waals surface area (Å²) in [4.78, 5) is 19.0. The topological polar surface area (TPSA) is 42.4 Å². The number of carbonyl (C=O) groups is 1. The number of piperidine rings is 1. The molecule has 1 aliphatic heterocycles. The smallest absolute Gasteiger partial charge is 0.257 e. The Balaban J connectivity index is 1.72. The van der Waals surface area contributed by atoms with E-state index in [2.05, 4.69) is 4.98 Å². The predicted octanol–water partition coefficient (Wildman–Crippen LogP) is 3.32. The molecule has 0 N–H and O–H groups in total. The first-order valence-electron chi connectivity index (χ1n) is 8.20. The summed E-state index contributed by atoms with van der Waals surface area (Å²) in [5.41, 5.74) is 1.33. The Hall–Kier alpha value is -2.43. The van der Waals surface area contributed by atoms with Gasteiger partial charge >= 0.3 is 0 Å². The largest absolute Gasteiger partial charge is 0.496 e. The number of amides is 1. The van der Waals surface area contributed by atoms with E-state index in [1.54, 1.807) is 11.1 Å². The summed E-state index contributed by atoms with van der Waals surface area (Å²) in [6, 6.07) is 9.94. The van der Waals surface area contributed by atoms with Gasteiger partial charge in [-0.2, -0.15) is 0 Å². The molecule has 1 atom stereocenters. The van der Waals surface area contributed by atoms with Gasteiger partial charge in [0.25, 0.3) is 5.91 Å². The van der Waals surface area contributed by atoms with E-state index in [0.717, 1.165) is 25.0 Å². The highest BCUT2D eigenvalue weighted by molar-refractivity contribution is 5.97. The summed E-state index contributed by atoms with van der Waals surface area (Å²) >= 11 is 0. The molecule has 1 aromatic carbocycles. The van der Waals surface area contributed by atoms with Gasteiger partial charge in [0, 0.05) is 25.0 Å². The minimum atomic E-state index is -0.429. The van der Waals surface area contributed by atoms with Gasteiger partial charge in [-0.25, -0.2) is 4.39 Å². The molecule has 0 radical (unpaired) electrons. The van der Waals surface area contributed by atoms with Crippen LogP contribution in [0.5, 0.6) is 5.75 Å². The van der Waals surface area contributed by atoms with Crippen LogP contribution < -0.4 is 4.74 Å². The molecule has 4 nitrogen and oxygen atoms in total. The molecule has 126 valence electrons. The molecular formula is C19H21FN2O2. The van der Waals surface area contributed by atoms with Gasteiger partial charge in [-0.15, -0.1) is 0 Å². The number of benzene rings is 1. The summed E-state index contributed by atoms with van der Waals surface area (Å²) in [6.45, 7) is 1.35. The molecule has 2 aromatic rings. The van der Waals surface area contributed by atoms with Crippen LogP contribution in [0.15, 0.2) is 42.6 Å². The van der Waals surface area contributed by atoms with E-state index >= 15 is 0 Å². The van der Waals surface area contributed by atoms with Crippen molar-refractivity contribution < 1.29 is 13.9 Å². The Morgan fingerprint density at radius 3 is 3.00 bits per heavy atom. The normalized spacial score (nSPS) is 17.6. The van der Waals surface area contributed by atoms with Crippen LogP contribution in [0, 0.1) is 11.7 Å². The van der Waals surface area contributed by atoms with Crippen LogP contribution in [-0.4, -0.2) is 36.0 Å². The summed E-state index contributed by atoms with van der Waals surface area (Å²) < 4.78 is 18.8. The number of likely N-dealkylation sites (tertiary alicyclic amines) is 1. The molecule has 1 saturated heterocycles. The number of aromatic nitrogens is 1. The minimum Gasteiger partial charge on any atom is -0.496 e. The monoisotopic (exact) mass is 328 g/mol. The van der Waals surface area contributed by atoms with Gasteiger partial charge in [0.1, 0.15) is 11.6 Å². The third-order valence-corrected chi connectivity index (χ3v) is 4.42. The number of rotatable bonds is 4. The Morgan fingerprint density at radius 1 is 1.38 bits per heavy atom. The van der Waals surface area contributed by atoms with E-state index in [1.807, 2.05) is 18.2 Å². The van der Waals surface area contributed by atoms with Gasteiger partial charge in [0.15, 0.2) is 0 Å². The number of hydrogen-bond acceptors (Lipinski definition) is 3. The highest BCUT2D eigenvalue weighted by Crippen LogP contribution is 2.25. The van der Waals surface area contributed by atoms with E-state index < -0.39 is 5.82 Å². The van der Waals surface area contributed by atoms with Crippen LogP contribution in [0.2, 0.25) is 0 Å². The van der Waals surface area contributed by atoms with Gasteiger partial charge in [-0.3, -0.25) is 9.78 Å². The molecule has 2 heterocycles. The number of ether oxygens (including phenoxy) is 1. The Kier molecular flexibility index (Phi) is 5.08. The van der Waals surface area contributed by atoms with Crippen molar-refractivity contribution in [3.63, 3.8) is 0 Å². The molecule has 0 spiro atoms. The molecule has 5 heteroatoms. The Labute approximate surface area is 141 Å². The average molecular weight is 328 g/mol. The lowest BCUT2D eigenvalue weighted by molar-refractivity contribution is 0.0669. The second-order valence-electron chi connectivity index (χ2n) is 6.13. The number of nitrogens with zero attached hydrogens (tertiary/aromatic N) is 2. The molecule has 0 aliphatic carbocycles. The first-order valence-corrected chi connectivity index (χ1v) is 8.20. The summed E-state index contributed by atoms with van der Waals surface area (Å²) in [6.07, 6.45) is 4.66. The maximum Gasteiger partial charge on any atom is 0.257 e. The first kappa shape index (κ1) is 16.4. The van der Waals surface area contributed by atoms with Crippen molar-refractivity contribution in [1.82, 2.24) is 9.88 Å². The predicted molar refractivity (Wildman–Crippen MR) is 89.5 cm³/mol. The lowest BCUT2D eigenvalue weighted by Crippen LogP contribution is -2.40. The summed E-state index contributed by atoms with van der Waals surface area (Å²) in [7, 11) is 1.49. The third-order valence-electron chi connectivity index (χ3n) is 4.42. The molecule has 24 heavy (non-hydrogen) atoms. The van der Waals surface area contributed by atoms with Crippen LogP contribution in [0.3, 0.4) is 0 Å². The number of hydrogen-bond donors (Lipinski definition) is 0. The minimum absolute atomic E-state index is 0.169. The zero-order valence-electron chi connectivity index (χ0n) is 13.7. The zero-order chi connectivity index (χ0) is 16.9.